The maximum atomic E-state index is 10.8. The Morgan fingerprint density at radius 2 is 1.27 bits per heavy atom. The molecule has 0 spiro atoms. The van der Waals surface area contributed by atoms with Crippen molar-refractivity contribution in [2.24, 2.45) is 0 Å². The van der Waals surface area contributed by atoms with E-state index < -0.39 is 0 Å². The number of rotatable bonds is 15. The van der Waals surface area contributed by atoms with Crippen molar-refractivity contribution in [2.45, 2.75) is 96.8 Å². The number of hydrogen-bond acceptors (Lipinski definition) is 2. The van der Waals surface area contributed by atoms with Crippen molar-refractivity contribution in [1.29, 1.82) is 0 Å². The molecule has 0 aromatic heterocycles. The second-order valence-corrected chi connectivity index (χ2v) is 5.87. The van der Waals surface area contributed by atoms with Crippen molar-refractivity contribution >= 4 is 5.90 Å². The van der Waals surface area contributed by atoms with Crippen LogP contribution in [0, 0.1) is 0 Å². The molecule has 0 saturated carbocycles. The van der Waals surface area contributed by atoms with Crippen LogP contribution in [0.15, 0.2) is 12.2 Å². The molecule has 2 N–H and O–H groups in total. The quantitative estimate of drug-likeness (QED) is 0.0865. The van der Waals surface area contributed by atoms with Crippen LogP contribution < -0.4 is 39.8 Å². The maximum absolute atomic E-state index is 10.8. The molecule has 0 rings (SSSR count). The van der Waals surface area contributed by atoms with Crippen LogP contribution >= 0.6 is 0 Å². The van der Waals surface area contributed by atoms with E-state index in [9.17, 15) is 5.11 Å². The van der Waals surface area contributed by atoms with E-state index in [4.69, 9.17) is 5.21 Å². The zero-order chi connectivity index (χ0) is 15.6. The Morgan fingerprint density at radius 1 is 0.818 bits per heavy atom. The molecule has 0 saturated heterocycles. The fourth-order valence-corrected chi connectivity index (χ4v) is 2.41. The smallest absolute Gasteiger partial charge is 0.824 e. The summed E-state index contributed by atoms with van der Waals surface area (Å²) in [6.45, 7) is 2.26. The van der Waals surface area contributed by atoms with Crippen LogP contribution in [0.5, 0.6) is 0 Å². The first-order chi connectivity index (χ1) is 10.3. The minimum Gasteiger partial charge on any atom is -0.824 e. The third-order valence-electron chi connectivity index (χ3n) is 3.79. The molecule has 0 unspecified atom stereocenters. The number of allylic oxidation sites excluding steroid dienone is 2. The Labute approximate surface area is 159 Å². The van der Waals surface area contributed by atoms with Gasteiger partial charge < -0.3 is 5.11 Å². The van der Waals surface area contributed by atoms with Gasteiger partial charge in [-0.15, -0.1) is 0 Å². The summed E-state index contributed by atoms with van der Waals surface area (Å²) < 4.78 is 0. The van der Waals surface area contributed by atoms with E-state index >= 15 is 0 Å². The monoisotopic (exact) mass is 320 g/mol. The molecule has 0 bridgehead atoms. The molecular weight excluding hydrogens is 285 g/mol. The van der Waals surface area contributed by atoms with Gasteiger partial charge >= 0.3 is 29.6 Å². The molecule has 0 aliphatic heterocycles. The van der Waals surface area contributed by atoms with E-state index in [-0.39, 0.29) is 35.5 Å². The Bertz CT molecular complexity index is 268. The summed E-state index contributed by atoms with van der Waals surface area (Å²) in [5, 5.41) is 20.8. The van der Waals surface area contributed by atoms with Gasteiger partial charge in [0.1, 0.15) is 0 Å². The van der Waals surface area contributed by atoms with Gasteiger partial charge in [0.15, 0.2) is 5.90 Å². The van der Waals surface area contributed by atoms with Crippen molar-refractivity contribution < 1.29 is 45.0 Å². The van der Waals surface area contributed by atoms with Crippen LogP contribution in [0.25, 0.3) is 0 Å². The van der Waals surface area contributed by atoms with E-state index in [0.717, 1.165) is 12.8 Å². The molecular formula is C18H35NNaO2+. The molecule has 4 heteroatoms. The van der Waals surface area contributed by atoms with Crippen molar-refractivity contribution in [1.82, 2.24) is 0 Å². The minimum absolute atomic E-state index is 0. The van der Waals surface area contributed by atoms with Gasteiger partial charge in [0, 0.05) is 6.42 Å². The summed E-state index contributed by atoms with van der Waals surface area (Å²) in [6, 6.07) is 0. The average Bonchev–Trinajstić information content (AvgIpc) is 2.50. The van der Waals surface area contributed by atoms with E-state index in [1.807, 2.05) is 0 Å². The van der Waals surface area contributed by atoms with Crippen LogP contribution in [0.2, 0.25) is 0 Å². The van der Waals surface area contributed by atoms with Gasteiger partial charge in [0.25, 0.3) is 0 Å². The third-order valence-corrected chi connectivity index (χ3v) is 3.79. The first-order valence-electron chi connectivity index (χ1n) is 8.89. The average molecular weight is 320 g/mol. The predicted octanol–water partition coefficient (Wildman–Crippen LogP) is 0.257. The molecule has 22 heavy (non-hydrogen) atoms. The molecule has 0 aromatic rings. The van der Waals surface area contributed by atoms with Gasteiger partial charge in [-0.05, 0) is 32.1 Å². The molecule has 124 valence electrons. The molecule has 0 amide bonds. The fourth-order valence-electron chi connectivity index (χ4n) is 2.41. The molecule has 0 radical (unpaired) electrons. The Kier molecular flexibility index (Phi) is 23.2. The van der Waals surface area contributed by atoms with Crippen molar-refractivity contribution in [3.8, 4) is 0 Å². The minimum atomic E-state index is -0.271. The van der Waals surface area contributed by atoms with Gasteiger partial charge in [-0.3, -0.25) is 5.21 Å². The SMILES string of the molecule is CCCCCCCC/C=C\CCCCCCCC([O-])=[NH+]O.[Na+]. The normalized spacial score (nSPS) is 11.8. The largest absolute Gasteiger partial charge is 1.00 e. The summed E-state index contributed by atoms with van der Waals surface area (Å²) in [5.41, 5.74) is 0. The third kappa shape index (κ3) is 20.0. The van der Waals surface area contributed by atoms with E-state index in [1.54, 1.807) is 5.16 Å². The molecule has 0 fully saturated rings. The van der Waals surface area contributed by atoms with Gasteiger partial charge in [0.05, 0.1) is 0 Å². The zero-order valence-corrected chi connectivity index (χ0v) is 16.9. The standard InChI is InChI=1S/C18H35NO2.Na/c1-2-3-4-5-6-7-8-9-10-11-12-13-14-15-16-17-18(20)19-21;/h9-10,21H,2-8,11-17H2,1H3,(H,19,20);/q;+1/b10-9-;. The summed E-state index contributed by atoms with van der Waals surface area (Å²) in [4.78, 5) is 0. The predicted molar refractivity (Wildman–Crippen MR) is 87.2 cm³/mol. The van der Waals surface area contributed by atoms with Crippen LogP contribution in [-0.2, 0) is 0 Å². The first kappa shape index (κ1) is 24.3. The summed E-state index contributed by atoms with van der Waals surface area (Å²) >= 11 is 0. The number of nitrogens with one attached hydrogen (secondary N) is 1. The molecule has 0 heterocycles. The van der Waals surface area contributed by atoms with Crippen LogP contribution in [0.4, 0.5) is 0 Å². The molecule has 0 atom stereocenters. The van der Waals surface area contributed by atoms with E-state index in [0.29, 0.717) is 6.42 Å². The molecule has 3 nitrogen and oxygen atoms in total. The Balaban J connectivity index is 0. The summed E-state index contributed by atoms with van der Waals surface area (Å²) in [6.07, 6.45) is 21.4. The van der Waals surface area contributed by atoms with Gasteiger partial charge in [-0.1, -0.05) is 75.6 Å². The Morgan fingerprint density at radius 3 is 1.77 bits per heavy atom. The van der Waals surface area contributed by atoms with Gasteiger partial charge in [-0.25, -0.2) is 0 Å². The molecule has 0 aliphatic carbocycles. The summed E-state index contributed by atoms with van der Waals surface area (Å²) in [7, 11) is 0. The molecule has 0 aromatic carbocycles. The van der Waals surface area contributed by atoms with Crippen molar-refractivity contribution in [2.75, 3.05) is 0 Å². The van der Waals surface area contributed by atoms with Gasteiger partial charge in [0.2, 0.25) is 0 Å². The first-order valence-corrected chi connectivity index (χ1v) is 8.89. The Hall–Kier alpha value is 0.0100. The van der Waals surface area contributed by atoms with Crippen molar-refractivity contribution in [3.05, 3.63) is 12.2 Å². The molecule has 0 aliphatic rings. The van der Waals surface area contributed by atoms with Crippen molar-refractivity contribution in [3.63, 3.8) is 0 Å². The van der Waals surface area contributed by atoms with Gasteiger partial charge in [-0.2, -0.15) is 0 Å². The number of unbranched alkanes of at least 4 members (excludes halogenated alkanes) is 11. The summed E-state index contributed by atoms with van der Waals surface area (Å²) in [5.74, 6) is -0.271. The second kappa shape index (κ2) is 21.0. The van der Waals surface area contributed by atoms with Crippen LogP contribution in [-0.4, -0.2) is 11.1 Å². The maximum Gasteiger partial charge on any atom is 1.00 e. The van der Waals surface area contributed by atoms with E-state index in [2.05, 4.69) is 19.1 Å². The topological polar surface area (TPSA) is 57.3 Å². The fraction of sp³-hybridized carbons (Fsp3) is 0.833. The van der Waals surface area contributed by atoms with E-state index in [1.165, 1.54) is 70.6 Å². The number of hydrogen-bond donors (Lipinski definition) is 2. The van der Waals surface area contributed by atoms with Crippen LogP contribution in [0.3, 0.4) is 0 Å². The zero-order valence-electron chi connectivity index (χ0n) is 14.9. The second-order valence-electron chi connectivity index (χ2n) is 5.87. The van der Waals surface area contributed by atoms with Crippen LogP contribution in [0.1, 0.15) is 96.8 Å².